The van der Waals surface area contributed by atoms with Crippen molar-refractivity contribution in [2.75, 3.05) is 31.6 Å². The maximum atomic E-state index is 11.8. The molecule has 116 valence electrons. The van der Waals surface area contributed by atoms with Gasteiger partial charge in [-0.3, -0.25) is 14.5 Å². The Labute approximate surface area is 128 Å². The molecule has 0 saturated carbocycles. The van der Waals surface area contributed by atoms with Crippen LogP contribution in [0.15, 0.2) is 22.8 Å². The molecule has 1 aromatic heterocycles. The van der Waals surface area contributed by atoms with Crippen molar-refractivity contribution in [3.8, 4) is 0 Å². The highest BCUT2D eigenvalue weighted by molar-refractivity contribution is 7.99. The molecule has 1 atom stereocenters. The number of rotatable bonds is 7. The van der Waals surface area contributed by atoms with Gasteiger partial charge in [-0.2, -0.15) is 11.8 Å². The second-order valence-electron chi connectivity index (χ2n) is 5.07. The van der Waals surface area contributed by atoms with Gasteiger partial charge in [0.1, 0.15) is 5.76 Å². The summed E-state index contributed by atoms with van der Waals surface area (Å²) in [5, 5.41) is 5.32. The Bertz CT molecular complexity index is 458. The first kappa shape index (κ1) is 15.9. The average molecular weight is 311 g/mol. The Balaban J connectivity index is 1.60. The number of nitrogens with one attached hydrogen (secondary N) is 2. The molecule has 1 aliphatic rings. The van der Waals surface area contributed by atoms with Crippen molar-refractivity contribution < 1.29 is 14.0 Å². The van der Waals surface area contributed by atoms with Crippen LogP contribution in [0.1, 0.15) is 12.2 Å². The molecule has 2 rings (SSSR count). The second kappa shape index (κ2) is 8.09. The highest BCUT2D eigenvalue weighted by atomic mass is 32.2. The molecule has 2 amide bonds. The fourth-order valence-corrected chi connectivity index (χ4v) is 3.42. The molecule has 1 fully saturated rings. The van der Waals surface area contributed by atoms with E-state index < -0.39 is 0 Å². The summed E-state index contributed by atoms with van der Waals surface area (Å²) in [4.78, 5) is 25.4. The number of likely N-dealkylation sites (N-methyl/N-ethyl adjacent to an activating group) is 1. The summed E-state index contributed by atoms with van der Waals surface area (Å²) in [7, 11) is 1.95. The van der Waals surface area contributed by atoms with Crippen molar-refractivity contribution in [3.05, 3.63) is 24.2 Å². The normalized spacial score (nSPS) is 17.9. The van der Waals surface area contributed by atoms with Crippen LogP contribution in [-0.2, 0) is 16.1 Å². The van der Waals surface area contributed by atoms with Crippen LogP contribution >= 0.6 is 11.8 Å². The van der Waals surface area contributed by atoms with Crippen LogP contribution in [0.5, 0.6) is 0 Å². The van der Waals surface area contributed by atoms with Crippen LogP contribution in [0.25, 0.3) is 0 Å². The van der Waals surface area contributed by atoms with Crippen LogP contribution < -0.4 is 10.6 Å². The van der Waals surface area contributed by atoms with E-state index in [0.29, 0.717) is 24.9 Å². The van der Waals surface area contributed by atoms with Gasteiger partial charge >= 0.3 is 0 Å². The highest BCUT2D eigenvalue weighted by Gasteiger charge is 2.21. The Hall–Kier alpha value is -1.47. The van der Waals surface area contributed by atoms with Gasteiger partial charge in [-0.15, -0.1) is 0 Å². The van der Waals surface area contributed by atoms with E-state index in [1.807, 2.05) is 18.8 Å². The number of carbonyl (C=O) groups is 2. The zero-order chi connectivity index (χ0) is 15.1. The largest absolute Gasteiger partial charge is 0.467 e. The molecule has 21 heavy (non-hydrogen) atoms. The van der Waals surface area contributed by atoms with Crippen molar-refractivity contribution in [2.45, 2.75) is 19.0 Å². The van der Waals surface area contributed by atoms with Crippen molar-refractivity contribution in [1.82, 2.24) is 15.5 Å². The molecule has 0 aliphatic carbocycles. The molecule has 0 spiro atoms. The molecule has 1 unspecified atom stereocenters. The molecule has 0 bridgehead atoms. The zero-order valence-corrected chi connectivity index (χ0v) is 12.9. The average Bonchev–Trinajstić information content (AvgIpc) is 3.15. The van der Waals surface area contributed by atoms with Gasteiger partial charge < -0.3 is 15.1 Å². The third-order valence-electron chi connectivity index (χ3n) is 3.41. The highest BCUT2D eigenvalue weighted by Crippen LogP contribution is 2.20. The van der Waals surface area contributed by atoms with Gasteiger partial charge in [0, 0.05) is 11.8 Å². The molecule has 0 aromatic carbocycles. The maximum Gasteiger partial charge on any atom is 0.239 e. The number of hydrogen-bond acceptors (Lipinski definition) is 5. The van der Waals surface area contributed by atoms with Crippen molar-refractivity contribution in [3.63, 3.8) is 0 Å². The minimum Gasteiger partial charge on any atom is -0.467 e. The number of amides is 2. The lowest BCUT2D eigenvalue weighted by Crippen LogP contribution is -2.43. The van der Waals surface area contributed by atoms with E-state index in [2.05, 4.69) is 15.5 Å². The molecule has 2 N–H and O–H groups in total. The van der Waals surface area contributed by atoms with Gasteiger partial charge in [0.15, 0.2) is 0 Å². The number of carbonyl (C=O) groups excluding carboxylic acids is 2. The zero-order valence-electron chi connectivity index (χ0n) is 12.1. The summed E-state index contributed by atoms with van der Waals surface area (Å²) < 4.78 is 5.11. The number of hydrogen-bond donors (Lipinski definition) is 2. The summed E-state index contributed by atoms with van der Waals surface area (Å²) in [6.07, 6.45) is 2.68. The standard InChI is InChI=1S/C14H21N3O3S/c1-17(11-4-6-21-10-11)9-14(19)16-8-13(18)15-7-12-3-2-5-20-12/h2-3,5,11H,4,6-10H2,1H3,(H,15,18)(H,16,19). The first-order valence-corrected chi connectivity index (χ1v) is 8.14. The topological polar surface area (TPSA) is 74.6 Å². The van der Waals surface area contributed by atoms with E-state index in [1.165, 1.54) is 0 Å². The monoisotopic (exact) mass is 311 g/mol. The van der Waals surface area contributed by atoms with Crippen LogP contribution in [0.4, 0.5) is 0 Å². The summed E-state index contributed by atoms with van der Waals surface area (Å²) >= 11 is 1.91. The predicted molar refractivity (Wildman–Crippen MR) is 81.9 cm³/mol. The Morgan fingerprint density at radius 1 is 1.43 bits per heavy atom. The van der Waals surface area contributed by atoms with Gasteiger partial charge in [-0.05, 0) is 31.4 Å². The smallest absolute Gasteiger partial charge is 0.239 e. The quantitative estimate of drug-likeness (QED) is 0.765. The van der Waals surface area contributed by atoms with Crippen molar-refractivity contribution in [1.29, 1.82) is 0 Å². The third-order valence-corrected chi connectivity index (χ3v) is 4.55. The van der Waals surface area contributed by atoms with Gasteiger partial charge in [0.2, 0.25) is 11.8 Å². The molecular formula is C14H21N3O3S. The lowest BCUT2D eigenvalue weighted by atomic mass is 10.2. The first-order chi connectivity index (χ1) is 10.1. The molecule has 1 saturated heterocycles. The Morgan fingerprint density at radius 3 is 2.95 bits per heavy atom. The molecule has 6 nitrogen and oxygen atoms in total. The summed E-state index contributed by atoms with van der Waals surface area (Å²) in [5.74, 6) is 2.58. The Kier molecular flexibility index (Phi) is 6.13. The van der Waals surface area contributed by atoms with E-state index in [0.717, 1.165) is 17.9 Å². The van der Waals surface area contributed by atoms with Crippen molar-refractivity contribution in [2.24, 2.45) is 0 Å². The number of thioether (sulfide) groups is 1. The van der Waals surface area contributed by atoms with Gasteiger partial charge in [0.25, 0.3) is 0 Å². The summed E-state index contributed by atoms with van der Waals surface area (Å²) in [6, 6.07) is 4.02. The Morgan fingerprint density at radius 2 is 2.29 bits per heavy atom. The van der Waals surface area contributed by atoms with Crippen LogP contribution in [0.3, 0.4) is 0 Å². The van der Waals surface area contributed by atoms with Crippen LogP contribution in [0, 0.1) is 0 Å². The predicted octanol–water partition coefficient (Wildman–Crippen LogP) is 0.449. The fraction of sp³-hybridized carbons (Fsp3) is 0.571. The molecule has 7 heteroatoms. The minimum absolute atomic E-state index is 0.00714. The summed E-state index contributed by atoms with van der Waals surface area (Å²) in [5.41, 5.74) is 0. The maximum absolute atomic E-state index is 11.8. The fourth-order valence-electron chi connectivity index (χ4n) is 2.12. The molecular weight excluding hydrogens is 290 g/mol. The van der Waals surface area contributed by atoms with Crippen molar-refractivity contribution >= 4 is 23.6 Å². The van der Waals surface area contributed by atoms with Gasteiger partial charge in [-0.25, -0.2) is 0 Å². The summed E-state index contributed by atoms with van der Waals surface area (Å²) in [6.45, 7) is 0.657. The number of nitrogens with zero attached hydrogens (tertiary/aromatic N) is 1. The minimum atomic E-state index is -0.223. The van der Waals surface area contributed by atoms with Gasteiger partial charge in [0.05, 0.1) is 25.9 Å². The molecule has 1 aliphatic heterocycles. The van der Waals surface area contributed by atoms with Crippen LogP contribution in [-0.4, -0.2) is 54.4 Å². The SMILES string of the molecule is CN(CC(=O)NCC(=O)NCc1ccco1)C1CCSC1. The van der Waals surface area contributed by atoms with E-state index in [9.17, 15) is 9.59 Å². The third kappa shape index (κ3) is 5.43. The molecule has 0 radical (unpaired) electrons. The van der Waals surface area contributed by atoms with E-state index >= 15 is 0 Å². The van der Waals surface area contributed by atoms with E-state index in [4.69, 9.17) is 4.42 Å². The molecule has 1 aromatic rings. The van der Waals surface area contributed by atoms with E-state index in [-0.39, 0.29) is 18.4 Å². The molecule has 2 heterocycles. The van der Waals surface area contributed by atoms with E-state index in [1.54, 1.807) is 18.4 Å². The van der Waals surface area contributed by atoms with Crippen LogP contribution in [0.2, 0.25) is 0 Å². The lowest BCUT2D eigenvalue weighted by Gasteiger charge is -2.22. The van der Waals surface area contributed by atoms with Gasteiger partial charge in [-0.1, -0.05) is 0 Å². The number of furan rings is 1. The lowest BCUT2D eigenvalue weighted by molar-refractivity contribution is -0.126. The first-order valence-electron chi connectivity index (χ1n) is 6.99. The second-order valence-corrected chi connectivity index (χ2v) is 6.22.